The highest BCUT2D eigenvalue weighted by Crippen LogP contribution is 2.35. The monoisotopic (exact) mass is 344 g/mol. The van der Waals surface area contributed by atoms with Gasteiger partial charge in [-0.3, -0.25) is 9.69 Å². The quantitative estimate of drug-likeness (QED) is 0.801. The van der Waals surface area contributed by atoms with Gasteiger partial charge in [0.15, 0.2) is 0 Å². The zero-order valence-corrected chi connectivity index (χ0v) is 14.2. The second kappa shape index (κ2) is 7.74. The Morgan fingerprint density at radius 3 is 2.40 bits per heavy atom. The predicted molar refractivity (Wildman–Crippen MR) is 94.2 cm³/mol. The van der Waals surface area contributed by atoms with Gasteiger partial charge in [0.1, 0.15) is 11.6 Å². The molecule has 0 saturated heterocycles. The topological polar surface area (TPSA) is 32.3 Å². The standard InChI is InChI=1S/C20H22F2N2O/c1-14(16-6-2-3-7-17(16)21)24(15-10-11-15)13-12-20(25)23-19-9-5-4-8-18(19)22/h2-9,14-15H,10-13H2,1H3,(H,23,25). The van der Waals surface area contributed by atoms with Gasteiger partial charge < -0.3 is 5.32 Å². The lowest BCUT2D eigenvalue weighted by Crippen LogP contribution is -2.33. The summed E-state index contributed by atoms with van der Waals surface area (Å²) in [5.74, 6) is -0.914. The third kappa shape index (κ3) is 4.42. The van der Waals surface area contributed by atoms with Crippen molar-refractivity contribution in [1.29, 1.82) is 0 Å². The van der Waals surface area contributed by atoms with Gasteiger partial charge in [0.2, 0.25) is 5.91 Å². The smallest absolute Gasteiger partial charge is 0.225 e. The Balaban J connectivity index is 1.62. The molecule has 132 valence electrons. The van der Waals surface area contributed by atoms with Crippen LogP contribution >= 0.6 is 0 Å². The Labute approximate surface area is 146 Å². The Bertz CT molecular complexity index is 746. The van der Waals surface area contributed by atoms with E-state index < -0.39 is 5.82 Å². The molecule has 5 heteroatoms. The summed E-state index contributed by atoms with van der Waals surface area (Å²) in [7, 11) is 0. The molecule has 1 atom stereocenters. The zero-order valence-electron chi connectivity index (χ0n) is 14.2. The van der Waals surface area contributed by atoms with Crippen LogP contribution in [0.1, 0.15) is 37.8 Å². The Hall–Kier alpha value is -2.27. The average Bonchev–Trinajstić information content (AvgIpc) is 3.42. The van der Waals surface area contributed by atoms with E-state index in [0.29, 0.717) is 18.2 Å². The second-order valence-electron chi connectivity index (χ2n) is 6.44. The maximum atomic E-state index is 14.1. The molecule has 1 aliphatic rings. The maximum Gasteiger partial charge on any atom is 0.225 e. The highest BCUT2D eigenvalue weighted by atomic mass is 19.1. The molecule has 0 radical (unpaired) electrons. The molecule has 2 aromatic carbocycles. The minimum absolute atomic E-state index is 0.102. The molecule has 1 saturated carbocycles. The lowest BCUT2D eigenvalue weighted by Gasteiger charge is -2.29. The minimum Gasteiger partial charge on any atom is -0.324 e. The number of hydrogen-bond acceptors (Lipinski definition) is 2. The van der Waals surface area contributed by atoms with Crippen LogP contribution in [-0.2, 0) is 4.79 Å². The number of benzene rings is 2. The minimum atomic E-state index is -0.449. The molecule has 1 unspecified atom stereocenters. The number of halogens is 2. The Morgan fingerprint density at radius 1 is 1.12 bits per heavy atom. The molecular weight excluding hydrogens is 322 g/mol. The summed E-state index contributed by atoms with van der Waals surface area (Å²) in [5, 5.41) is 2.60. The van der Waals surface area contributed by atoms with Gasteiger partial charge in [-0.15, -0.1) is 0 Å². The molecule has 1 fully saturated rings. The van der Waals surface area contributed by atoms with Gasteiger partial charge in [-0.05, 0) is 38.0 Å². The molecule has 0 aliphatic heterocycles. The van der Waals surface area contributed by atoms with Gasteiger partial charge in [-0.1, -0.05) is 30.3 Å². The number of para-hydroxylation sites is 1. The number of amides is 1. The number of rotatable bonds is 7. The van der Waals surface area contributed by atoms with Crippen LogP contribution < -0.4 is 5.32 Å². The number of anilines is 1. The van der Waals surface area contributed by atoms with Crippen molar-refractivity contribution in [2.24, 2.45) is 0 Å². The van der Waals surface area contributed by atoms with Crippen LogP contribution in [0.3, 0.4) is 0 Å². The molecule has 1 aliphatic carbocycles. The molecule has 0 spiro atoms. The normalized spacial score (nSPS) is 15.2. The van der Waals surface area contributed by atoms with Gasteiger partial charge in [0, 0.05) is 30.6 Å². The second-order valence-corrected chi connectivity index (χ2v) is 6.44. The summed E-state index contributed by atoms with van der Waals surface area (Å²) in [5.41, 5.74) is 0.830. The van der Waals surface area contributed by atoms with Crippen molar-refractivity contribution in [3.8, 4) is 0 Å². The van der Waals surface area contributed by atoms with Gasteiger partial charge >= 0.3 is 0 Å². The summed E-state index contributed by atoms with van der Waals surface area (Å²) in [6.45, 7) is 2.48. The van der Waals surface area contributed by atoms with E-state index in [-0.39, 0.29) is 29.9 Å². The zero-order chi connectivity index (χ0) is 17.8. The van der Waals surface area contributed by atoms with Crippen LogP contribution in [0.5, 0.6) is 0 Å². The number of hydrogen-bond donors (Lipinski definition) is 1. The first-order chi connectivity index (χ1) is 12.1. The molecule has 2 aromatic rings. The third-order valence-electron chi connectivity index (χ3n) is 4.61. The average molecular weight is 344 g/mol. The Kier molecular flexibility index (Phi) is 5.43. The van der Waals surface area contributed by atoms with Crippen molar-refractivity contribution in [3.63, 3.8) is 0 Å². The van der Waals surface area contributed by atoms with Crippen LogP contribution in [0.4, 0.5) is 14.5 Å². The van der Waals surface area contributed by atoms with Gasteiger partial charge in [-0.25, -0.2) is 8.78 Å². The predicted octanol–water partition coefficient (Wildman–Crippen LogP) is 4.52. The summed E-state index contributed by atoms with van der Waals surface area (Å²) < 4.78 is 27.7. The van der Waals surface area contributed by atoms with E-state index in [1.54, 1.807) is 24.3 Å². The van der Waals surface area contributed by atoms with Crippen LogP contribution in [-0.4, -0.2) is 23.4 Å². The maximum absolute atomic E-state index is 14.1. The van der Waals surface area contributed by atoms with E-state index in [4.69, 9.17) is 0 Å². The van der Waals surface area contributed by atoms with Crippen molar-refractivity contribution in [2.45, 2.75) is 38.3 Å². The van der Waals surface area contributed by atoms with Crippen LogP contribution in [0.2, 0.25) is 0 Å². The van der Waals surface area contributed by atoms with Crippen LogP contribution in [0.15, 0.2) is 48.5 Å². The van der Waals surface area contributed by atoms with Crippen LogP contribution in [0, 0.1) is 11.6 Å². The van der Waals surface area contributed by atoms with Crippen molar-refractivity contribution in [1.82, 2.24) is 4.90 Å². The summed E-state index contributed by atoms with van der Waals surface area (Å²) in [4.78, 5) is 14.3. The fourth-order valence-corrected chi connectivity index (χ4v) is 3.10. The Morgan fingerprint density at radius 2 is 1.76 bits per heavy atom. The number of carbonyl (C=O) groups excluding carboxylic acids is 1. The molecule has 0 bridgehead atoms. The first-order valence-electron chi connectivity index (χ1n) is 8.61. The third-order valence-corrected chi connectivity index (χ3v) is 4.61. The molecule has 1 amide bonds. The van der Waals surface area contributed by atoms with E-state index in [1.165, 1.54) is 18.2 Å². The first-order valence-corrected chi connectivity index (χ1v) is 8.61. The molecule has 3 nitrogen and oxygen atoms in total. The number of carbonyl (C=O) groups is 1. The van der Waals surface area contributed by atoms with E-state index in [0.717, 1.165) is 12.8 Å². The van der Waals surface area contributed by atoms with E-state index >= 15 is 0 Å². The molecule has 0 aromatic heterocycles. The molecule has 1 N–H and O–H groups in total. The van der Waals surface area contributed by atoms with Gasteiger partial charge in [0.05, 0.1) is 5.69 Å². The van der Waals surface area contributed by atoms with Crippen molar-refractivity contribution in [2.75, 3.05) is 11.9 Å². The fourth-order valence-electron chi connectivity index (χ4n) is 3.10. The number of nitrogens with one attached hydrogen (secondary N) is 1. The van der Waals surface area contributed by atoms with Crippen molar-refractivity contribution >= 4 is 11.6 Å². The largest absolute Gasteiger partial charge is 0.324 e. The van der Waals surface area contributed by atoms with Gasteiger partial charge in [0.25, 0.3) is 0 Å². The van der Waals surface area contributed by atoms with E-state index in [9.17, 15) is 13.6 Å². The van der Waals surface area contributed by atoms with Gasteiger partial charge in [-0.2, -0.15) is 0 Å². The summed E-state index contributed by atoms with van der Waals surface area (Å²) >= 11 is 0. The van der Waals surface area contributed by atoms with E-state index in [2.05, 4.69) is 10.2 Å². The highest BCUT2D eigenvalue weighted by molar-refractivity contribution is 5.90. The molecule has 0 heterocycles. The summed E-state index contributed by atoms with van der Waals surface area (Å²) in [6, 6.07) is 13.1. The van der Waals surface area contributed by atoms with Crippen molar-refractivity contribution < 1.29 is 13.6 Å². The molecule has 25 heavy (non-hydrogen) atoms. The van der Waals surface area contributed by atoms with Crippen LogP contribution in [0.25, 0.3) is 0 Å². The first kappa shape index (κ1) is 17.5. The van der Waals surface area contributed by atoms with Crippen molar-refractivity contribution in [3.05, 3.63) is 65.7 Å². The summed E-state index contributed by atoms with van der Waals surface area (Å²) in [6.07, 6.45) is 2.37. The SMILES string of the molecule is CC(c1ccccc1F)N(CCC(=O)Nc1ccccc1F)C1CC1. The molecule has 3 rings (SSSR count). The molecular formula is C20H22F2N2O. The fraction of sp³-hybridized carbons (Fsp3) is 0.350. The lowest BCUT2D eigenvalue weighted by atomic mass is 10.1. The highest BCUT2D eigenvalue weighted by Gasteiger charge is 2.33. The van der Waals surface area contributed by atoms with E-state index in [1.807, 2.05) is 13.0 Å². The number of nitrogens with zero attached hydrogens (tertiary/aromatic N) is 1. The lowest BCUT2D eigenvalue weighted by molar-refractivity contribution is -0.116.